The molecule has 0 saturated carbocycles. The van der Waals surface area contributed by atoms with E-state index in [0.717, 1.165) is 21.5 Å². The highest BCUT2D eigenvalue weighted by Crippen LogP contribution is 2.13. The lowest BCUT2D eigenvalue weighted by molar-refractivity contribution is -0.119. The van der Waals surface area contributed by atoms with Crippen LogP contribution in [-0.4, -0.2) is 25.3 Å². The summed E-state index contributed by atoms with van der Waals surface area (Å²) >= 11 is 3.36. The number of ether oxygens (including phenoxy) is 1. The van der Waals surface area contributed by atoms with Crippen molar-refractivity contribution >= 4 is 33.7 Å². The molecule has 1 amide bonds. The summed E-state index contributed by atoms with van der Waals surface area (Å²) in [6.45, 7) is 2.69. The van der Waals surface area contributed by atoms with Gasteiger partial charge in [-0.25, -0.2) is 5.43 Å². The molecule has 23 heavy (non-hydrogen) atoms. The molecule has 0 aromatic heterocycles. The van der Waals surface area contributed by atoms with Gasteiger partial charge in [-0.3, -0.25) is 4.79 Å². The maximum Gasteiger partial charge on any atom is 0.259 e. The summed E-state index contributed by atoms with van der Waals surface area (Å²) in [5.41, 5.74) is 4.21. The molecular weight excluding hydrogens is 358 g/mol. The second-order valence-corrected chi connectivity index (χ2v) is 5.57. The number of halogens is 1. The van der Waals surface area contributed by atoms with Crippen LogP contribution in [0, 0.1) is 0 Å². The van der Waals surface area contributed by atoms with Crippen LogP contribution in [0.15, 0.2) is 58.1 Å². The molecule has 0 unspecified atom stereocenters. The zero-order valence-electron chi connectivity index (χ0n) is 12.8. The molecule has 2 N–H and O–H groups in total. The molecule has 2 aromatic carbocycles. The average Bonchev–Trinajstić information content (AvgIpc) is 2.55. The summed E-state index contributed by atoms with van der Waals surface area (Å²) in [7, 11) is 0. The van der Waals surface area contributed by atoms with E-state index >= 15 is 0 Å². The van der Waals surface area contributed by atoms with E-state index in [1.165, 1.54) is 0 Å². The topological polar surface area (TPSA) is 62.7 Å². The smallest absolute Gasteiger partial charge is 0.259 e. The first kappa shape index (κ1) is 17.0. The van der Waals surface area contributed by atoms with E-state index in [0.29, 0.717) is 6.61 Å². The van der Waals surface area contributed by atoms with Crippen molar-refractivity contribution in [3.8, 4) is 5.75 Å². The number of hydrogen-bond acceptors (Lipinski definition) is 4. The average molecular weight is 376 g/mol. The number of nitrogens with one attached hydrogen (secondary N) is 2. The van der Waals surface area contributed by atoms with Crippen molar-refractivity contribution in [1.82, 2.24) is 5.43 Å². The number of carbonyl (C=O) groups is 1. The van der Waals surface area contributed by atoms with Gasteiger partial charge in [-0.15, -0.1) is 0 Å². The van der Waals surface area contributed by atoms with Gasteiger partial charge >= 0.3 is 0 Å². The lowest BCUT2D eigenvalue weighted by Crippen LogP contribution is -2.25. The summed E-state index contributed by atoms with van der Waals surface area (Å²) in [5.74, 6) is 0.560. The van der Waals surface area contributed by atoms with Crippen molar-refractivity contribution in [2.45, 2.75) is 6.92 Å². The summed E-state index contributed by atoms with van der Waals surface area (Å²) in [5, 5.41) is 6.96. The van der Waals surface area contributed by atoms with Crippen LogP contribution >= 0.6 is 15.9 Å². The zero-order valence-corrected chi connectivity index (χ0v) is 14.3. The molecule has 0 saturated heterocycles. The molecule has 0 fully saturated rings. The van der Waals surface area contributed by atoms with E-state index in [-0.39, 0.29) is 12.5 Å². The highest BCUT2D eigenvalue weighted by molar-refractivity contribution is 9.10. The van der Waals surface area contributed by atoms with Crippen molar-refractivity contribution < 1.29 is 9.53 Å². The molecule has 0 spiro atoms. The maximum atomic E-state index is 11.7. The SMILES string of the molecule is CCOc1cccc(/C=N\NC(=O)CNc2ccc(Br)cc2)c1. The molecule has 2 rings (SSSR count). The van der Waals surface area contributed by atoms with Crippen molar-refractivity contribution in [3.63, 3.8) is 0 Å². The van der Waals surface area contributed by atoms with Crippen molar-refractivity contribution in [2.24, 2.45) is 5.10 Å². The van der Waals surface area contributed by atoms with Gasteiger partial charge in [0, 0.05) is 10.2 Å². The Morgan fingerprint density at radius 3 is 2.78 bits per heavy atom. The van der Waals surface area contributed by atoms with Crippen molar-refractivity contribution in [2.75, 3.05) is 18.5 Å². The predicted molar refractivity (Wildman–Crippen MR) is 96.0 cm³/mol. The Morgan fingerprint density at radius 2 is 2.04 bits per heavy atom. The molecule has 120 valence electrons. The molecule has 0 atom stereocenters. The monoisotopic (exact) mass is 375 g/mol. The number of nitrogens with zero attached hydrogens (tertiary/aromatic N) is 1. The van der Waals surface area contributed by atoms with Crippen molar-refractivity contribution in [1.29, 1.82) is 0 Å². The summed E-state index contributed by atoms with van der Waals surface area (Å²) < 4.78 is 6.40. The molecule has 0 heterocycles. The quantitative estimate of drug-likeness (QED) is 0.575. The van der Waals surface area contributed by atoms with Gasteiger partial charge in [-0.1, -0.05) is 28.1 Å². The van der Waals surface area contributed by atoms with Crippen LogP contribution in [0.5, 0.6) is 5.75 Å². The Morgan fingerprint density at radius 1 is 1.26 bits per heavy atom. The largest absolute Gasteiger partial charge is 0.494 e. The number of rotatable bonds is 7. The minimum atomic E-state index is -0.217. The molecule has 0 aliphatic rings. The number of anilines is 1. The standard InChI is InChI=1S/C17H18BrN3O2/c1-2-23-16-5-3-4-13(10-16)11-20-21-17(22)12-19-15-8-6-14(18)7-9-15/h3-11,19H,2,12H2,1H3,(H,21,22)/b20-11-. The Kier molecular flexibility index (Phi) is 6.62. The molecule has 0 bridgehead atoms. The molecule has 0 radical (unpaired) electrons. The minimum Gasteiger partial charge on any atom is -0.494 e. The van der Waals surface area contributed by atoms with Gasteiger partial charge in [-0.05, 0) is 48.9 Å². The molecule has 0 aliphatic carbocycles. The Hall–Kier alpha value is -2.34. The fourth-order valence-electron chi connectivity index (χ4n) is 1.82. The summed E-state index contributed by atoms with van der Waals surface area (Å²) in [6, 6.07) is 15.1. The highest BCUT2D eigenvalue weighted by atomic mass is 79.9. The second kappa shape index (κ2) is 8.95. The second-order valence-electron chi connectivity index (χ2n) is 4.66. The van der Waals surface area contributed by atoms with Gasteiger partial charge in [0.1, 0.15) is 5.75 Å². The fourth-order valence-corrected chi connectivity index (χ4v) is 2.08. The van der Waals surface area contributed by atoms with Crippen LogP contribution in [0.3, 0.4) is 0 Å². The Bertz CT molecular complexity index is 672. The molecule has 0 aliphatic heterocycles. The first-order valence-corrected chi connectivity index (χ1v) is 8.01. The first-order valence-electron chi connectivity index (χ1n) is 7.21. The van der Waals surface area contributed by atoms with E-state index in [4.69, 9.17) is 4.74 Å². The van der Waals surface area contributed by atoms with E-state index in [2.05, 4.69) is 31.8 Å². The lowest BCUT2D eigenvalue weighted by Gasteiger charge is -2.05. The molecular formula is C17H18BrN3O2. The number of benzene rings is 2. The molecule has 6 heteroatoms. The van der Waals surface area contributed by atoms with Crippen LogP contribution in [0.4, 0.5) is 5.69 Å². The van der Waals surface area contributed by atoms with Crippen LogP contribution < -0.4 is 15.5 Å². The maximum absolute atomic E-state index is 11.7. The van der Waals surface area contributed by atoms with Gasteiger partial charge in [0.05, 0.1) is 19.4 Å². The van der Waals surface area contributed by atoms with Gasteiger partial charge in [-0.2, -0.15) is 5.10 Å². The third kappa shape index (κ3) is 6.12. The fraction of sp³-hybridized carbons (Fsp3) is 0.176. The summed E-state index contributed by atoms with van der Waals surface area (Å²) in [4.78, 5) is 11.7. The number of hydrazone groups is 1. The highest BCUT2D eigenvalue weighted by Gasteiger charge is 1.99. The summed E-state index contributed by atoms with van der Waals surface area (Å²) in [6.07, 6.45) is 1.58. The van der Waals surface area contributed by atoms with E-state index in [1.54, 1.807) is 6.21 Å². The number of carbonyl (C=O) groups excluding carboxylic acids is 1. The first-order chi connectivity index (χ1) is 11.2. The third-order valence-corrected chi connectivity index (χ3v) is 3.40. The Labute approximate surface area is 143 Å². The predicted octanol–water partition coefficient (Wildman–Crippen LogP) is 3.41. The van der Waals surface area contributed by atoms with E-state index in [1.807, 2.05) is 55.5 Å². The van der Waals surface area contributed by atoms with Gasteiger partial charge in [0.15, 0.2) is 0 Å². The van der Waals surface area contributed by atoms with Gasteiger partial charge in [0.25, 0.3) is 5.91 Å². The Balaban J connectivity index is 1.79. The number of hydrogen-bond donors (Lipinski definition) is 2. The van der Waals surface area contributed by atoms with Crippen molar-refractivity contribution in [3.05, 3.63) is 58.6 Å². The normalized spacial score (nSPS) is 10.5. The van der Waals surface area contributed by atoms with Gasteiger partial charge in [0.2, 0.25) is 0 Å². The van der Waals surface area contributed by atoms with E-state index < -0.39 is 0 Å². The lowest BCUT2D eigenvalue weighted by atomic mass is 10.2. The number of amides is 1. The minimum absolute atomic E-state index is 0.151. The molecule has 5 nitrogen and oxygen atoms in total. The van der Waals surface area contributed by atoms with E-state index in [9.17, 15) is 4.79 Å². The van der Waals surface area contributed by atoms with Crippen LogP contribution in [-0.2, 0) is 4.79 Å². The van der Waals surface area contributed by atoms with Crippen LogP contribution in [0.2, 0.25) is 0 Å². The molecule has 2 aromatic rings. The van der Waals surface area contributed by atoms with Gasteiger partial charge < -0.3 is 10.1 Å². The third-order valence-electron chi connectivity index (χ3n) is 2.87. The zero-order chi connectivity index (χ0) is 16.5. The van der Waals surface area contributed by atoms with Crippen LogP contribution in [0.1, 0.15) is 12.5 Å². The van der Waals surface area contributed by atoms with Crippen LogP contribution in [0.25, 0.3) is 0 Å².